The number of benzene rings is 3. The molecule has 1 unspecified atom stereocenters. The number of pyridine rings is 1. The first-order valence-corrected chi connectivity index (χ1v) is 10.0. The Hall–Kier alpha value is -2.69. The van der Waals surface area contributed by atoms with Crippen molar-refractivity contribution in [2.75, 3.05) is 5.32 Å². The molecule has 1 aliphatic rings. The van der Waals surface area contributed by atoms with Crippen LogP contribution in [0.5, 0.6) is 0 Å². The Morgan fingerprint density at radius 3 is 2.61 bits per heavy atom. The van der Waals surface area contributed by atoms with Gasteiger partial charge >= 0.3 is 0 Å². The number of carbonyl (C=O) groups excluding carboxylic acids is 1. The van der Waals surface area contributed by atoms with Crippen molar-refractivity contribution in [1.29, 1.82) is 0 Å². The maximum atomic E-state index is 13.6. The first-order valence-electron chi connectivity index (χ1n) is 8.86. The Labute approximate surface area is 175 Å². The first-order chi connectivity index (χ1) is 13.6. The lowest BCUT2D eigenvalue weighted by molar-refractivity contribution is 0.0975. The summed E-state index contributed by atoms with van der Waals surface area (Å²) in [6.45, 7) is 0. The number of fused-ring (bicyclic) bond motifs is 4. The molecule has 136 valence electrons. The Kier molecular flexibility index (Phi) is 4.18. The molecule has 0 spiro atoms. The van der Waals surface area contributed by atoms with Gasteiger partial charge < -0.3 is 5.32 Å². The van der Waals surface area contributed by atoms with Gasteiger partial charge in [-0.3, -0.25) is 9.78 Å². The molecular weight excluding hydrogens is 436 g/mol. The number of halogens is 2. The van der Waals surface area contributed by atoms with E-state index in [9.17, 15) is 4.79 Å². The van der Waals surface area contributed by atoms with Crippen LogP contribution in [-0.2, 0) is 0 Å². The second kappa shape index (κ2) is 6.73. The molecule has 0 saturated carbocycles. The Morgan fingerprint density at radius 1 is 1.00 bits per heavy atom. The van der Waals surface area contributed by atoms with Crippen molar-refractivity contribution >= 4 is 55.6 Å². The molecule has 5 heteroatoms. The first kappa shape index (κ1) is 17.4. The van der Waals surface area contributed by atoms with E-state index in [4.69, 9.17) is 11.6 Å². The fourth-order valence-electron chi connectivity index (χ4n) is 3.77. The Balaban J connectivity index is 1.84. The molecule has 0 radical (unpaired) electrons. The minimum atomic E-state index is -0.459. The second-order valence-corrected chi connectivity index (χ2v) is 8.12. The number of rotatable bonds is 1. The number of aromatic nitrogens is 1. The second-order valence-electron chi connectivity index (χ2n) is 6.77. The molecule has 1 N–H and O–H groups in total. The van der Waals surface area contributed by atoms with Crippen molar-refractivity contribution < 1.29 is 4.79 Å². The average molecular weight is 450 g/mol. The van der Waals surface area contributed by atoms with Crippen molar-refractivity contribution in [2.45, 2.75) is 5.92 Å². The van der Waals surface area contributed by atoms with Gasteiger partial charge in [-0.25, -0.2) is 0 Å². The van der Waals surface area contributed by atoms with Crippen LogP contribution in [0.15, 0.2) is 77.4 Å². The third-order valence-electron chi connectivity index (χ3n) is 5.09. The van der Waals surface area contributed by atoms with E-state index >= 15 is 0 Å². The lowest BCUT2D eigenvalue weighted by atomic mass is 9.85. The summed E-state index contributed by atoms with van der Waals surface area (Å²) in [6.07, 6.45) is 1.81. The quantitative estimate of drug-likeness (QED) is 0.350. The van der Waals surface area contributed by atoms with Crippen molar-refractivity contribution in [3.8, 4) is 0 Å². The zero-order valence-electron chi connectivity index (χ0n) is 14.6. The molecule has 2 heterocycles. The van der Waals surface area contributed by atoms with Crippen LogP contribution < -0.4 is 5.32 Å². The lowest BCUT2D eigenvalue weighted by Crippen LogP contribution is -2.14. The van der Waals surface area contributed by atoms with Crippen LogP contribution in [0.4, 0.5) is 11.4 Å². The molecule has 4 aromatic rings. The Morgan fingerprint density at radius 2 is 1.79 bits per heavy atom. The molecule has 0 fully saturated rings. The highest BCUT2D eigenvalue weighted by atomic mass is 79.9. The highest BCUT2D eigenvalue weighted by molar-refractivity contribution is 9.10. The summed E-state index contributed by atoms with van der Waals surface area (Å²) < 4.78 is 0.913. The summed E-state index contributed by atoms with van der Waals surface area (Å²) in [7, 11) is 0. The SMILES string of the molecule is O=C1c2ccc(Br)cc2Nc2c(cnc3ccccc23)C1c1ccc(Cl)cc1. The smallest absolute Gasteiger partial charge is 0.176 e. The number of anilines is 2. The van der Waals surface area contributed by atoms with E-state index in [1.807, 2.05) is 72.9 Å². The lowest BCUT2D eigenvalue weighted by Gasteiger charge is -2.18. The largest absolute Gasteiger partial charge is 0.354 e. The van der Waals surface area contributed by atoms with Gasteiger partial charge in [0.2, 0.25) is 0 Å². The highest BCUT2D eigenvalue weighted by Crippen LogP contribution is 2.43. The summed E-state index contributed by atoms with van der Waals surface area (Å²) in [6, 6.07) is 21.1. The van der Waals surface area contributed by atoms with Crippen LogP contribution in [0.1, 0.15) is 27.4 Å². The van der Waals surface area contributed by atoms with E-state index in [2.05, 4.69) is 26.2 Å². The summed E-state index contributed by atoms with van der Waals surface area (Å²) >= 11 is 9.60. The van der Waals surface area contributed by atoms with Crippen LogP contribution in [0.3, 0.4) is 0 Å². The number of Topliss-reactive ketones (excluding diaryl/α,β-unsaturated/α-hetero) is 1. The van der Waals surface area contributed by atoms with Crippen molar-refractivity contribution in [3.63, 3.8) is 0 Å². The minimum Gasteiger partial charge on any atom is -0.354 e. The van der Waals surface area contributed by atoms with Crippen LogP contribution in [-0.4, -0.2) is 10.8 Å². The predicted molar refractivity (Wildman–Crippen MR) is 117 cm³/mol. The molecule has 5 rings (SSSR count). The van der Waals surface area contributed by atoms with Gasteiger partial charge in [0.25, 0.3) is 0 Å². The van der Waals surface area contributed by atoms with Gasteiger partial charge in [0.15, 0.2) is 5.78 Å². The summed E-state index contributed by atoms with van der Waals surface area (Å²) in [5, 5.41) is 5.14. The maximum Gasteiger partial charge on any atom is 0.176 e. The normalized spacial score (nSPS) is 15.5. The van der Waals surface area contributed by atoms with Crippen LogP contribution in [0.25, 0.3) is 10.9 Å². The van der Waals surface area contributed by atoms with Crippen molar-refractivity contribution in [1.82, 2.24) is 4.98 Å². The molecule has 3 aromatic carbocycles. The van der Waals surface area contributed by atoms with Crippen LogP contribution >= 0.6 is 27.5 Å². The Bertz CT molecular complexity index is 1240. The van der Waals surface area contributed by atoms with Crippen molar-refractivity contribution in [3.05, 3.63) is 99.1 Å². The van der Waals surface area contributed by atoms with Crippen LogP contribution in [0.2, 0.25) is 5.02 Å². The van der Waals surface area contributed by atoms with Gasteiger partial charge in [-0.05, 0) is 42.0 Å². The highest BCUT2D eigenvalue weighted by Gasteiger charge is 2.32. The van der Waals surface area contributed by atoms with Crippen molar-refractivity contribution in [2.24, 2.45) is 0 Å². The summed E-state index contributed by atoms with van der Waals surface area (Å²) in [5.74, 6) is -0.424. The molecule has 0 aliphatic carbocycles. The van der Waals surface area contributed by atoms with E-state index < -0.39 is 5.92 Å². The molecule has 1 aromatic heterocycles. The van der Waals surface area contributed by atoms with Gasteiger partial charge in [0.05, 0.1) is 22.8 Å². The van der Waals surface area contributed by atoms with Gasteiger partial charge in [0.1, 0.15) is 0 Å². The average Bonchev–Trinajstić information content (AvgIpc) is 2.82. The van der Waals surface area contributed by atoms with E-state index in [1.165, 1.54) is 0 Å². The number of ketones is 1. The topological polar surface area (TPSA) is 42.0 Å². The molecule has 1 aliphatic heterocycles. The van der Waals surface area contributed by atoms with Gasteiger partial charge in [-0.1, -0.05) is 57.9 Å². The summed E-state index contributed by atoms with van der Waals surface area (Å²) in [4.78, 5) is 18.2. The fraction of sp³-hybridized carbons (Fsp3) is 0.0435. The van der Waals surface area contributed by atoms with E-state index in [-0.39, 0.29) is 5.78 Å². The predicted octanol–water partition coefficient (Wildman–Crippen LogP) is 6.72. The fourth-order valence-corrected chi connectivity index (χ4v) is 4.25. The van der Waals surface area contributed by atoms with Crippen LogP contribution in [0, 0.1) is 0 Å². The number of nitrogens with one attached hydrogen (secondary N) is 1. The molecule has 3 nitrogen and oxygen atoms in total. The van der Waals surface area contributed by atoms with Gasteiger partial charge in [-0.15, -0.1) is 0 Å². The number of hydrogen-bond donors (Lipinski definition) is 1. The molecular formula is C23H14BrClN2O. The zero-order valence-corrected chi connectivity index (χ0v) is 17.0. The van der Waals surface area contributed by atoms with Gasteiger partial charge in [0, 0.05) is 32.2 Å². The number of hydrogen-bond acceptors (Lipinski definition) is 3. The zero-order chi connectivity index (χ0) is 19.3. The molecule has 1 atom stereocenters. The third kappa shape index (κ3) is 2.81. The van der Waals surface area contributed by atoms with E-state index in [1.54, 1.807) is 0 Å². The number of carbonyl (C=O) groups is 1. The van der Waals surface area contributed by atoms with Gasteiger partial charge in [-0.2, -0.15) is 0 Å². The molecule has 0 bridgehead atoms. The standard InChI is InChI=1S/C23H14BrClN2O/c24-14-7-10-17-20(11-14)27-22-16-3-1-2-4-19(16)26-12-18(22)21(23(17)28)13-5-8-15(25)9-6-13/h1-12,21,27H. The minimum absolute atomic E-state index is 0.0353. The number of para-hydroxylation sites is 1. The molecule has 0 amide bonds. The monoisotopic (exact) mass is 448 g/mol. The third-order valence-corrected chi connectivity index (χ3v) is 5.83. The summed E-state index contributed by atoms with van der Waals surface area (Å²) in [5.41, 5.74) is 4.99. The molecule has 0 saturated heterocycles. The number of nitrogens with zero attached hydrogens (tertiary/aromatic N) is 1. The van der Waals surface area contributed by atoms with E-state index in [0.717, 1.165) is 37.9 Å². The van der Waals surface area contributed by atoms with E-state index in [0.29, 0.717) is 10.6 Å². The molecule has 28 heavy (non-hydrogen) atoms. The maximum absolute atomic E-state index is 13.6.